The Morgan fingerprint density at radius 3 is 2.40 bits per heavy atom. The van der Waals surface area contributed by atoms with Crippen LogP contribution >= 0.6 is 11.6 Å². The number of nitrogens with zero attached hydrogens (tertiary/aromatic N) is 1. The predicted molar refractivity (Wildman–Crippen MR) is 89.3 cm³/mol. The minimum Gasteiger partial charge on any atom is -0.316 e. The molecule has 0 saturated carbocycles. The van der Waals surface area contributed by atoms with Crippen LogP contribution in [-0.2, 0) is 6.54 Å². The quantitative estimate of drug-likeness (QED) is 0.735. The lowest BCUT2D eigenvalue weighted by atomic mass is 9.84. The molecule has 2 nitrogen and oxygen atoms in total. The number of halogens is 1. The molecule has 20 heavy (non-hydrogen) atoms. The summed E-state index contributed by atoms with van der Waals surface area (Å²) >= 11 is 5.93. The Kier molecular flexibility index (Phi) is 7.57. The third-order valence-electron chi connectivity index (χ3n) is 3.67. The van der Waals surface area contributed by atoms with Crippen LogP contribution in [0.2, 0.25) is 5.02 Å². The summed E-state index contributed by atoms with van der Waals surface area (Å²) in [6.07, 6.45) is 2.49. The molecule has 0 bridgehead atoms. The van der Waals surface area contributed by atoms with Crippen molar-refractivity contribution in [2.45, 2.75) is 40.2 Å². The van der Waals surface area contributed by atoms with E-state index in [1.165, 1.54) is 18.4 Å². The molecule has 0 fully saturated rings. The van der Waals surface area contributed by atoms with Crippen LogP contribution in [-0.4, -0.2) is 31.6 Å². The highest BCUT2D eigenvalue weighted by Gasteiger charge is 2.24. The molecule has 1 aromatic rings. The van der Waals surface area contributed by atoms with Crippen LogP contribution in [0.5, 0.6) is 0 Å². The van der Waals surface area contributed by atoms with Gasteiger partial charge in [0.25, 0.3) is 0 Å². The van der Waals surface area contributed by atoms with Crippen LogP contribution in [0.4, 0.5) is 0 Å². The van der Waals surface area contributed by atoms with Gasteiger partial charge in [-0.3, -0.25) is 0 Å². The molecule has 0 aliphatic heterocycles. The Balaban J connectivity index is 2.56. The lowest BCUT2D eigenvalue weighted by Crippen LogP contribution is -2.40. The normalized spacial score (nSPS) is 14.5. The fourth-order valence-electron chi connectivity index (χ4n) is 2.86. The van der Waals surface area contributed by atoms with Gasteiger partial charge in [-0.05, 0) is 43.1 Å². The van der Waals surface area contributed by atoms with Crippen molar-refractivity contribution in [2.24, 2.45) is 5.41 Å². The van der Waals surface area contributed by atoms with Crippen molar-refractivity contribution in [3.63, 3.8) is 0 Å². The first-order valence-corrected chi connectivity index (χ1v) is 8.00. The number of rotatable bonds is 9. The first-order chi connectivity index (χ1) is 9.49. The second kappa shape index (κ2) is 8.66. The van der Waals surface area contributed by atoms with E-state index in [4.69, 9.17) is 11.6 Å². The van der Waals surface area contributed by atoms with Gasteiger partial charge in [0.15, 0.2) is 0 Å². The predicted octanol–water partition coefficient (Wildman–Crippen LogP) is 4.19. The van der Waals surface area contributed by atoms with E-state index in [0.29, 0.717) is 5.41 Å². The largest absolute Gasteiger partial charge is 0.316 e. The van der Waals surface area contributed by atoms with Gasteiger partial charge in [0.1, 0.15) is 0 Å². The monoisotopic (exact) mass is 296 g/mol. The Hall–Kier alpha value is -0.570. The molecule has 3 heteroatoms. The molecule has 0 spiro atoms. The summed E-state index contributed by atoms with van der Waals surface area (Å²) in [5.41, 5.74) is 1.66. The van der Waals surface area contributed by atoms with Gasteiger partial charge in [-0.1, -0.05) is 50.9 Å². The Labute approximate surface area is 129 Å². The van der Waals surface area contributed by atoms with E-state index in [9.17, 15) is 0 Å². The van der Waals surface area contributed by atoms with E-state index in [0.717, 1.165) is 31.2 Å². The second-order valence-electron chi connectivity index (χ2n) is 6.14. The number of benzene rings is 1. The zero-order valence-corrected chi connectivity index (χ0v) is 14.1. The van der Waals surface area contributed by atoms with Gasteiger partial charge in [-0.2, -0.15) is 0 Å². The summed E-state index contributed by atoms with van der Waals surface area (Å²) in [6, 6.07) is 8.16. The zero-order valence-electron chi connectivity index (χ0n) is 13.4. The SMILES string of the molecule is CCCC(C)(CNCC)CN(C)Cc1ccc(Cl)cc1. The Morgan fingerprint density at radius 1 is 1.20 bits per heavy atom. The summed E-state index contributed by atoms with van der Waals surface area (Å²) in [4.78, 5) is 2.41. The molecule has 0 aromatic heterocycles. The average molecular weight is 297 g/mol. The van der Waals surface area contributed by atoms with E-state index >= 15 is 0 Å². The first kappa shape index (κ1) is 17.5. The van der Waals surface area contributed by atoms with Gasteiger partial charge in [-0.25, -0.2) is 0 Å². The molecule has 0 radical (unpaired) electrons. The third kappa shape index (κ3) is 6.25. The Morgan fingerprint density at radius 2 is 1.85 bits per heavy atom. The molecule has 1 rings (SSSR count). The van der Waals surface area contributed by atoms with E-state index in [1.807, 2.05) is 12.1 Å². The molecular weight excluding hydrogens is 268 g/mol. The summed E-state index contributed by atoms with van der Waals surface area (Å²) < 4.78 is 0. The van der Waals surface area contributed by atoms with Crippen LogP contribution in [0.25, 0.3) is 0 Å². The van der Waals surface area contributed by atoms with Crippen molar-refractivity contribution in [3.05, 3.63) is 34.9 Å². The maximum Gasteiger partial charge on any atom is 0.0406 e. The van der Waals surface area contributed by atoms with Crippen LogP contribution < -0.4 is 5.32 Å². The van der Waals surface area contributed by atoms with Crippen molar-refractivity contribution in [1.29, 1.82) is 0 Å². The van der Waals surface area contributed by atoms with Crippen molar-refractivity contribution < 1.29 is 0 Å². The minimum absolute atomic E-state index is 0.339. The van der Waals surface area contributed by atoms with Crippen LogP contribution in [0.15, 0.2) is 24.3 Å². The topological polar surface area (TPSA) is 15.3 Å². The smallest absolute Gasteiger partial charge is 0.0406 e. The molecule has 1 N–H and O–H groups in total. The van der Waals surface area contributed by atoms with Crippen molar-refractivity contribution in [1.82, 2.24) is 10.2 Å². The van der Waals surface area contributed by atoms with Gasteiger partial charge in [0.2, 0.25) is 0 Å². The molecular formula is C17H29ClN2. The van der Waals surface area contributed by atoms with Gasteiger partial charge < -0.3 is 10.2 Å². The lowest BCUT2D eigenvalue weighted by Gasteiger charge is -2.34. The summed E-state index contributed by atoms with van der Waals surface area (Å²) in [6.45, 7) is 11.0. The lowest BCUT2D eigenvalue weighted by molar-refractivity contribution is 0.169. The van der Waals surface area contributed by atoms with Crippen molar-refractivity contribution in [2.75, 3.05) is 26.7 Å². The molecule has 1 unspecified atom stereocenters. The molecule has 0 aliphatic rings. The number of hydrogen-bond donors (Lipinski definition) is 1. The van der Waals surface area contributed by atoms with Crippen molar-refractivity contribution in [3.8, 4) is 0 Å². The average Bonchev–Trinajstić information content (AvgIpc) is 2.39. The van der Waals surface area contributed by atoms with E-state index in [2.05, 4.69) is 50.2 Å². The maximum absolute atomic E-state index is 5.93. The van der Waals surface area contributed by atoms with Crippen LogP contribution in [0, 0.1) is 5.41 Å². The highest BCUT2D eigenvalue weighted by Crippen LogP contribution is 2.24. The number of nitrogens with one attached hydrogen (secondary N) is 1. The Bertz CT molecular complexity index is 377. The molecule has 0 amide bonds. The van der Waals surface area contributed by atoms with Gasteiger partial charge in [0, 0.05) is 24.7 Å². The molecule has 0 heterocycles. The molecule has 0 aliphatic carbocycles. The van der Waals surface area contributed by atoms with Crippen LogP contribution in [0.3, 0.4) is 0 Å². The van der Waals surface area contributed by atoms with Crippen molar-refractivity contribution >= 4 is 11.6 Å². The van der Waals surface area contributed by atoms with E-state index < -0.39 is 0 Å². The van der Waals surface area contributed by atoms with Gasteiger partial charge >= 0.3 is 0 Å². The molecule has 1 atom stereocenters. The summed E-state index contributed by atoms with van der Waals surface area (Å²) in [7, 11) is 2.20. The van der Waals surface area contributed by atoms with Gasteiger partial charge in [0.05, 0.1) is 0 Å². The molecule has 0 saturated heterocycles. The fraction of sp³-hybridized carbons (Fsp3) is 0.647. The van der Waals surface area contributed by atoms with Crippen LogP contribution in [0.1, 0.15) is 39.2 Å². The minimum atomic E-state index is 0.339. The van der Waals surface area contributed by atoms with E-state index in [1.54, 1.807) is 0 Å². The third-order valence-corrected chi connectivity index (χ3v) is 3.92. The zero-order chi connectivity index (χ0) is 15.0. The van der Waals surface area contributed by atoms with Gasteiger partial charge in [-0.15, -0.1) is 0 Å². The highest BCUT2D eigenvalue weighted by atomic mass is 35.5. The maximum atomic E-state index is 5.93. The van der Waals surface area contributed by atoms with E-state index in [-0.39, 0.29) is 0 Å². The molecule has 1 aromatic carbocycles. The fourth-order valence-corrected chi connectivity index (χ4v) is 2.99. The number of hydrogen-bond acceptors (Lipinski definition) is 2. The summed E-state index contributed by atoms with van der Waals surface area (Å²) in [5, 5.41) is 4.31. The standard InChI is InChI=1S/C17H29ClN2/c1-5-11-17(3,13-19-6-2)14-20(4)12-15-7-9-16(18)10-8-15/h7-10,19H,5-6,11-14H2,1-4H3. The second-order valence-corrected chi connectivity index (χ2v) is 6.58. The molecule has 114 valence electrons. The highest BCUT2D eigenvalue weighted by molar-refractivity contribution is 6.30. The summed E-state index contributed by atoms with van der Waals surface area (Å²) in [5.74, 6) is 0. The first-order valence-electron chi connectivity index (χ1n) is 7.63.